The number of nitrogens with zero attached hydrogens (tertiary/aromatic N) is 1. The second-order valence-corrected chi connectivity index (χ2v) is 6.68. The summed E-state index contributed by atoms with van der Waals surface area (Å²) in [5.41, 5.74) is -0.120. The molecule has 26 heavy (non-hydrogen) atoms. The van der Waals surface area contributed by atoms with Crippen LogP contribution < -0.4 is 4.74 Å². The average Bonchev–Trinajstić information content (AvgIpc) is 2.69. The molecule has 1 aliphatic rings. The van der Waals surface area contributed by atoms with E-state index in [4.69, 9.17) is 9.47 Å². The second-order valence-electron chi connectivity index (χ2n) is 6.68. The largest absolute Gasteiger partial charge is 0.491 e. The summed E-state index contributed by atoms with van der Waals surface area (Å²) in [7, 11) is 1.65. The van der Waals surface area contributed by atoms with Gasteiger partial charge in [-0.2, -0.15) is 0 Å². The van der Waals surface area contributed by atoms with E-state index in [2.05, 4.69) is 0 Å². The average molecular weight is 357 g/mol. The number of piperidine rings is 1. The molecule has 1 saturated heterocycles. The normalized spacial score (nSPS) is 20.0. The van der Waals surface area contributed by atoms with Crippen LogP contribution in [0.15, 0.2) is 54.6 Å². The highest BCUT2D eigenvalue weighted by Crippen LogP contribution is 2.26. The number of rotatable bonds is 6. The van der Waals surface area contributed by atoms with Gasteiger partial charge >= 0.3 is 0 Å². The smallest absolute Gasteiger partial charge is 0.227 e. The lowest BCUT2D eigenvalue weighted by Gasteiger charge is -2.41. The summed E-state index contributed by atoms with van der Waals surface area (Å²) in [6.45, 7) is 1.48. The van der Waals surface area contributed by atoms with Crippen LogP contribution in [0.5, 0.6) is 5.75 Å². The first kappa shape index (κ1) is 18.4. The van der Waals surface area contributed by atoms with Crippen molar-refractivity contribution in [3.8, 4) is 5.75 Å². The van der Waals surface area contributed by atoms with Crippen LogP contribution >= 0.6 is 0 Å². The van der Waals surface area contributed by atoms with Gasteiger partial charge in [0.1, 0.15) is 23.8 Å². The molecule has 0 aromatic heterocycles. The van der Waals surface area contributed by atoms with Gasteiger partial charge in [-0.15, -0.1) is 0 Å². The third-order valence-electron chi connectivity index (χ3n) is 4.87. The molecule has 1 fully saturated rings. The van der Waals surface area contributed by atoms with Crippen LogP contribution in [0.1, 0.15) is 18.4 Å². The summed E-state index contributed by atoms with van der Waals surface area (Å²) >= 11 is 0. The maximum atomic E-state index is 13.8. The quantitative estimate of drug-likeness (QED) is 0.795. The van der Waals surface area contributed by atoms with Crippen LogP contribution in [0.2, 0.25) is 0 Å². The Hall–Kier alpha value is -2.40. The standard InChI is InChI=1S/C21H24FNO3/c1-25-21(16-26-18-9-3-2-4-10-18)12-7-13-23(15-21)20(24)14-17-8-5-6-11-19(17)22/h2-6,8-11H,7,12-16H2,1H3. The number of hydrogen-bond donors (Lipinski definition) is 0. The third-order valence-corrected chi connectivity index (χ3v) is 4.87. The summed E-state index contributed by atoms with van der Waals surface area (Å²) in [6.07, 6.45) is 1.71. The summed E-state index contributed by atoms with van der Waals surface area (Å²) in [5.74, 6) is 0.345. The number of benzene rings is 2. The van der Waals surface area contributed by atoms with Crippen LogP contribution in [-0.2, 0) is 16.0 Å². The van der Waals surface area contributed by atoms with Crippen LogP contribution in [0.25, 0.3) is 0 Å². The Balaban J connectivity index is 1.64. The summed E-state index contributed by atoms with van der Waals surface area (Å²) < 4.78 is 25.5. The number of carbonyl (C=O) groups excluding carboxylic acids is 1. The minimum absolute atomic E-state index is 0.0615. The fraction of sp³-hybridized carbons (Fsp3) is 0.381. The Labute approximate surface area is 153 Å². The summed E-state index contributed by atoms with van der Waals surface area (Å²) in [4.78, 5) is 14.4. The molecule has 4 nitrogen and oxygen atoms in total. The molecule has 1 amide bonds. The Bertz CT molecular complexity index is 737. The molecule has 0 saturated carbocycles. The molecule has 1 atom stereocenters. The van der Waals surface area contributed by atoms with E-state index < -0.39 is 5.60 Å². The van der Waals surface area contributed by atoms with Crippen LogP contribution in [0, 0.1) is 5.82 Å². The zero-order valence-corrected chi connectivity index (χ0v) is 15.0. The van der Waals surface area contributed by atoms with E-state index in [1.54, 1.807) is 30.2 Å². The topological polar surface area (TPSA) is 38.8 Å². The number of methoxy groups -OCH3 is 1. The van der Waals surface area contributed by atoms with Crippen LogP contribution in [0.4, 0.5) is 4.39 Å². The van der Waals surface area contributed by atoms with Gasteiger partial charge in [0, 0.05) is 13.7 Å². The Morgan fingerprint density at radius 1 is 1.15 bits per heavy atom. The van der Waals surface area contributed by atoms with E-state index in [0.717, 1.165) is 18.6 Å². The molecule has 2 aromatic carbocycles. The molecule has 0 bridgehead atoms. The van der Waals surface area contributed by atoms with Gasteiger partial charge in [0.25, 0.3) is 0 Å². The van der Waals surface area contributed by atoms with E-state index in [1.165, 1.54) is 6.07 Å². The molecule has 1 aliphatic heterocycles. The Morgan fingerprint density at radius 2 is 1.88 bits per heavy atom. The maximum absolute atomic E-state index is 13.8. The van der Waals surface area contributed by atoms with Gasteiger partial charge < -0.3 is 14.4 Å². The molecule has 5 heteroatoms. The van der Waals surface area contributed by atoms with Crippen molar-refractivity contribution in [1.82, 2.24) is 4.90 Å². The highest BCUT2D eigenvalue weighted by Gasteiger charge is 2.38. The highest BCUT2D eigenvalue weighted by atomic mass is 19.1. The van der Waals surface area contributed by atoms with Crippen molar-refractivity contribution in [2.75, 3.05) is 26.8 Å². The Morgan fingerprint density at radius 3 is 2.62 bits per heavy atom. The second kappa shape index (κ2) is 8.32. The summed E-state index contributed by atoms with van der Waals surface area (Å²) in [5, 5.41) is 0. The SMILES string of the molecule is COC1(COc2ccccc2)CCCN(C(=O)Cc2ccccc2F)C1. The molecule has 0 radical (unpaired) electrons. The highest BCUT2D eigenvalue weighted by molar-refractivity contribution is 5.79. The van der Waals surface area contributed by atoms with Gasteiger partial charge in [-0.05, 0) is 36.6 Å². The van der Waals surface area contributed by atoms with Gasteiger partial charge in [0.15, 0.2) is 0 Å². The van der Waals surface area contributed by atoms with E-state index in [-0.39, 0.29) is 18.1 Å². The lowest BCUT2D eigenvalue weighted by Crippen LogP contribution is -2.54. The van der Waals surface area contributed by atoms with Gasteiger partial charge in [-0.1, -0.05) is 36.4 Å². The molecule has 2 aromatic rings. The van der Waals surface area contributed by atoms with Crippen molar-refractivity contribution in [1.29, 1.82) is 0 Å². The monoisotopic (exact) mass is 357 g/mol. The van der Waals surface area contributed by atoms with Gasteiger partial charge in [-0.25, -0.2) is 4.39 Å². The Kier molecular flexibility index (Phi) is 5.89. The van der Waals surface area contributed by atoms with E-state index in [9.17, 15) is 9.18 Å². The first-order valence-electron chi connectivity index (χ1n) is 8.86. The molecule has 0 N–H and O–H groups in total. The first-order chi connectivity index (χ1) is 12.6. The van der Waals surface area contributed by atoms with E-state index >= 15 is 0 Å². The molecule has 0 aliphatic carbocycles. The molecule has 3 rings (SSSR count). The molecule has 0 spiro atoms. The fourth-order valence-corrected chi connectivity index (χ4v) is 3.30. The fourth-order valence-electron chi connectivity index (χ4n) is 3.30. The van der Waals surface area contributed by atoms with E-state index in [0.29, 0.717) is 25.3 Å². The van der Waals surface area contributed by atoms with Crippen LogP contribution in [-0.4, -0.2) is 43.2 Å². The zero-order valence-electron chi connectivity index (χ0n) is 15.0. The van der Waals surface area contributed by atoms with Crippen molar-refractivity contribution in [2.24, 2.45) is 0 Å². The predicted molar refractivity (Wildman–Crippen MR) is 97.6 cm³/mol. The van der Waals surface area contributed by atoms with Crippen molar-refractivity contribution in [3.63, 3.8) is 0 Å². The van der Waals surface area contributed by atoms with Crippen molar-refractivity contribution in [3.05, 3.63) is 66.0 Å². The number of ether oxygens (including phenoxy) is 2. The van der Waals surface area contributed by atoms with E-state index in [1.807, 2.05) is 30.3 Å². The minimum Gasteiger partial charge on any atom is -0.491 e. The van der Waals surface area contributed by atoms with Gasteiger partial charge in [0.05, 0.1) is 13.0 Å². The maximum Gasteiger partial charge on any atom is 0.227 e. The number of para-hydroxylation sites is 1. The molecule has 1 unspecified atom stereocenters. The number of likely N-dealkylation sites (tertiary alicyclic amines) is 1. The van der Waals surface area contributed by atoms with Crippen LogP contribution in [0.3, 0.4) is 0 Å². The third kappa shape index (κ3) is 4.41. The first-order valence-corrected chi connectivity index (χ1v) is 8.86. The number of halogens is 1. The molecule has 138 valence electrons. The van der Waals surface area contributed by atoms with Crippen molar-refractivity contribution in [2.45, 2.75) is 24.9 Å². The summed E-state index contributed by atoms with van der Waals surface area (Å²) in [6, 6.07) is 16.0. The lowest BCUT2D eigenvalue weighted by atomic mass is 9.92. The molecular formula is C21H24FNO3. The predicted octanol–water partition coefficient (Wildman–Crippen LogP) is 3.45. The molecule has 1 heterocycles. The van der Waals surface area contributed by atoms with Crippen molar-refractivity contribution < 1.29 is 18.7 Å². The van der Waals surface area contributed by atoms with Gasteiger partial charge in [0.2, 0.25) is 5.91 Å². The number of hydrogen-bond acceptors (Lipinski definition) is 3. The number of amides is 1. The van der Waals surface area contributed by atoms with Gasteiger partial charge in [-0.3, -0.25) is 4.79 Å². The van der Waals surface area contributed by atoms with Crippen molar-refractivity contribution >= 4 is 5.91 Å². The zero-order chi connectivity index (χ0) is 18.4. The lowest BCUT2D eigenvalue weighted by molar-refractivity contribution is -0.142. The minimum atomic E-state index is -0.543. The molecular weight excluding hydrogens is 333 g/mol. The number of carbonyl (C=O) groups is 1.